The number of carbonyl (C=O) groups is 2. The van der Waals surface area contributed by atoms with Crippen LogP contribution in [-0.4, -0.2) is 27.1 Å². The van der Waals surface area contributed by atoms with E-state index in [4.69, 9.17) is 10.2 Å². The molecular weight excluding hydrogens is 234 g/mol. The van der Waals surface area contributed by atoms with E-state index in [0.717, 1.165) is 0 Å². The Morgan fingerprint density at radius 2 is 1.56 bits per heavy atom. The highest BCUT2D eigenvalue weighted by Gasteiger charge is 2.07. The molecule has 0 unspecified atom stereocenters. The summed E-state index contributed by atoms with van der Waals surface area (Å²) in [6.07, 6.45) is 0. The van der Waals surface area contributed by atoms with Crippen LogP contribution in [0.5, 0.6) is 0 Å². The van der Waals surface area contributed by atoms with Crippen LogP contribution in [0.2, 0.25) is 0 Å². The van der Waals surface area contributed by atoms with Crippen molar-refractivity contribution in [1.82, 2.24) is 4.98 Å². The standard InChI is InChI=1S/C13H9NO4/c15-12(16)9-6-4-8(5-7-9)10-2-1-3-11(14-10)13(17)18/h1-7H,(H,15,16)(H,17,18). The van der Waals surface area contributed by atoms with Crippen LogP contribution in [0.15, 0.2) is 42.5 Å². The van der Waals surface area contributed by atoms with Gasteiger partial charge in [-0.05, 0) is 24.3 Å². The Hall–Kier alpha value is -2.69. The van der Waals surface area contributed by atoms with Gasteiger partial charge in [-0.1, -0.05) is 18.2 Å². The third-order valence-corrected chi connectivity index (χ3v) is 2.40. The molecule has 0 amide bonds. The van der Waals surface area contributed by atoms with Crippen LogP contribution in [0, 0.1) is 0 Å². The molecule has 0 aliphatic carbocycles. The molecule has 2 N–H and O–H groups in total. The predicted octanol–water partition coefficient (Wildman–Crippen LogP) is 2.14. The summed E-state index contributed by atoms with van der Waals surface area (Å²) in [6.45, 7) is 0. The summed E-state index contributed by atoms with van der Waals surface area (Å²) in [6, 6.07) is 10.8. The number of nitrogens with zero attached hydrogens (tertiary/aromatic N) is 1. The Bertz CT molecular complexity index is 605. The first-order valence-electron chi connectivity index (χ1n) is 5.12. The molecule has 90 valence electrons. The van der Waals surface area contributed by atoms with E-state index < -0.39 is 11.9 Å². The van der Waals surface area contributed by atoms with Crippen LogP contribution >= 0.6 is 0 Å². The van der Waals surface area contributed by atoms with Gasteiger partial charge in [0.25, 0.3) is 0 Å². The molecule has 5 heteroatoms. The zero-order valence-electron chi connectivity index (χ0n) is 9.20. The van der Waals surface area contributed by atoms with Crippen LogP contribution in [0.25, 0.3) is 11.3 Å². The lowest BCUT2D eigenvalue weighted by Crippen LogP contribution is -2.00. The first-order valence-corrected chi connectivity index (χ1v) is 5.12. The Balaban J connectivity index is 2.39. The summed E-state index contributed by atoms with van der Waals surface area (Å²) in [5.41, 5.74) is 1.29. The van der Waals surface area contributed by atoms with Crippen LogP contribution in [0.1, 0.15) is 20.8 Å². The zero-order chi connectivity index (χ0) is 13.1. The van der Waals surface area contributed by atoms with Crippen molar-refractivity contribution >= 4 is 11.9 Å². The molecule has 18 heavy (non-hydrogen) atoms. The average Bonchev–Trinajstić information content (AvgIpc) is 2.39. The van der Waals surface area contributed by atoms with E-state index in [-0.39, 0.29) is 11.3 Å². The van der Waals surface area contributed by atoms with E-state index in [2.05, 4.69) is 4.98 Å². The van der Waals surface area contributed by atoms with E-state index in [1.807, 2.05) is 0 Å². The summed E-state index contributed by atoms with van der Waals surface area (Å²) in [5, 5.41) is 17.6. The lowest BCUT2D eigenvalue weighted by atomic mass is 10.1. The fourth-order valence-electron chi connectivity index (χ4n) is 1.50. The van der Waals surface area contributed by atoms with Crippen molar-refractivity contribution < 1.29 is 19.8 Å². The Labute approximate surface area is 102 Å². The van der Waals surface area contributed by atoms with Crippen molar-refractivity contribution in [2.45, 2.75) is 0 Å². The first-order chi connectivity index (χ1) is 8.58. The number of rotatable bonds is 3. The highest BCUT2D eigenvalue weighted by atomic mass is 16.4. The van der Waals surface area contributed by atoms with Crippen molar-refractivity contribution in [3.63, 3.8) is 0 Å². The third-order valence-electron chi connectivity index (χ3n) is 2.40. The molecule has 0 aliphatic heterocycles. The van der Waals surface area contributed by atoms with Gasteiger partial charge in [0.1, 0.15) is 5.69 Å². The molecule has 0 aliphatic rings. The number of benzene rings is 1. The molecule has 2 rings (SSSR count). The predicted molar refractivity (Wildman–Crippen MR) is 63.6 cm³/mol. The van der Waals surface area contributed by atoms with E-state index in [1.165, 1.54) is 18.2 Å². The number of carboxylic acids is 2. The normalized spacial score (nSPS) is 10.0. The van der Waals surface area contributed by atoms with Gasteiger partial charge in [-0.15, -0.1) is 0 Å². The van der Waals surface area contributed by atoms with Crippen molar-refractivity contribution in [2.75, 3.05) is 0 Å². The van der Waals surface area contributed by atoms with Crippen molar-refractivity contribution in [3.05, 3.63) is 53.7 Å². The van der Waals surface area contributed by atoms with Crippen LogP contribution < -0.4 is 0 Å². The number of hydrogen-bond donors (Lipinski definition) is 2. The molecule has 1 aromatic heterocycles. The summed E-state index contributed by atoms with van der Waals surface area (Å²) in [5.74, 6) is -2.10. The van der Waals surface area contributed by atoms with Crippen LogP contribution in [-0.2, 0) is 0 Å². The molecule has 0 saturated heterocycles. The lowest BCUT2D eigenvalue weighted by molar-refractivity contribution is 0.0682. The zero-order valence-corrected chi connectivity index (χ0v) is 9.20. The van der Waals surface area contributed by atoms with E-state index in [9.17, 15) is 9.59 Å². The lowest BCUT2D eigenvalue weighted by Gasteiger charge is -2.02. The van der Waals surface area contributed by atoms with Gasteiger partial charge in [-0.3, -0.25) is 0 Å². The third kappa shape index (κ3) is 2.35. The fraction of sp³-hybridized carbons (Fsp3) is 0. The molecule has 1 aromatic carbocycles. The van der Waals surface area contributed by atoms with E-state index in [1.54, 1.807) is 24.3 Å². The smallest absolute Gasteiger partial charge is 0.354 e. The second kappa shape index (κ2) is 4.67. The molecule has 2 aromatic rings. The Morgan fingerprint density at radius 1 is 0.889 bits per heavy atom. The Kier molecular flexibility index (Phi) is 3.05. The summed E-state index contributed by atoms with van der Waals surface area (Å²) < 4.78 is 0. The molecular formula is C13H9NO4. The highest BCUT2D eigenvalue weighted by molar-refractivity contribution is 5.88. The molecule has 0 atom stereocenters. The van der Waals surface area contributed by atoms with Gasteiger partial charge in [-0.2, -0.15) is 0 Å². The van der Waals surface area contributed by atoms with Gasteiger partial charge in [0.15, 0.2) is 0 Å². The van der Waals surface area contributed by atoms with Gasteiger partial charge >= 0.3 is 11.9 Å². The molecule has 0 radical (unpaired) electrons. The van der Waals surface area contributed by atoms with Crippen molar-refractivity contribution in [1.29, 1.82) is 0 Å². The van der Waals surface area contributed by atoms with Crippen molar-refractivity contribution in [2.24, 2.45) is 0 Å². The van der Waals surface area contributed by atoms with E-state index in [0.29, 0.717) is 11.3 Å². The largest absolute Gasteiger partial charge is 0.478 e. The second-order valence-corrected chi connectivity index (χ2v) is 3.60. The molecule has 0 fully saturated rings. The minimum atomic E-state index is -1.10. The molecule has 0 saturated carbocycles. The molecule has 5 nitrogen and oxygen atoms in total. The topological polar surface area (TPSA) is 87.5 Å². The summed E-state index contributed by atoms with van der Waals surface area (Å²) in [4.78, 5) is 25.5. The number of aromatic nitrogens is 1. The minimum Gasteiger partial charge on any atom is -0.478 e. The highest BCUT2D eigenvalue weighted by Crippen LogP contribution is 2.18. The van der Waals surface area contributed by atoms with Crippen LogP contribution in [0.3, 0.4) is 0 Å². The first kappa shape index (κ1) is 11.8. The minimum absolute atomic E-state index is 0.0465. The molecule has 0 spiro atoms. The number of hydrogen-bond acceptors (Lipinski definition) is 3. The summed E-state index contributed by atoms with van der Waals surface area (Å²) in [7, 11) is 0. The Morgan fingerprint density at radius 3 is 2.11 bits per heavy atom. The van der Waals surface area contributed by atoms with Gasteiger partial charge in [0, 0.05) is 5.56 Å². The number of pyridine rings is 1. The SMILES string of the molecule is O=C(O)c1ccc(-c2cccc(C(=O)O)n2)cc1. The summed E-state index contributed by atoms with van der Waals surface area (Å²) >= 11 is 0. The van der Waals surface area contributed by atoms with Crippen LogP contribution in [0.4, 0.5) is 0 Å². The van der Waals surface area contributed by atoms with Crippen molar-refractivity contribution in [3.8, 4) is 11.3 Å². The molecule has 0 bridgehead atoms. The quantitative estimate of drug-likeness (QED) is 0.862. The maximum atomic E-state index is 10.8. The average molecular weight is 243 g/mol. The maximum Gasteiger partial charge on any atom is 0.354 e. The van der Waals surface area contributed by atoms with Gasteiger partial charge in [-0.25, -0.2) is 14.6 Å². The van der Waals surface area contributed by atoms with E-state index >= 15 is 0 Å². The van der Waals surface area contributed by atoms with Gasteiger partial charge in [0.2, 0.25) is 0 Å². The fourth-order valence-corrected chi connectivity index (χ4v) is 1.50. The number of aromatic carboxylic acids is 2. The monoisotopic (exact) mass is 243 g/mol. The van der Waals surface area contributed by atoms with Gasteiger partial charge < -0.3 is 10.2 Å². The van der Waals surface area contributed by atoms with Gasteiger partial charge in [0.05, 0.1) is 11.3 Å². The maximum absolute atomic E-state index is 10.8. The molecule has 1 heterocycles. The number of carboxylic acid groups (broad SMARTS) is 2. The second-order valence-electron chi connectivity index (χ2n) is 3.60.